The molecule has 0 radical (unpaired) electrons. The number of piperidine rings is 1. The quantitative estimate of drug-likeness (QED) is 0.639. The number of amides is 2. The molecule has 2 aliphatic heterocycles. The summed E-state index contributed by atoms with van der Waals surface area (Å²) in [5.41, 5.74) is 3.30. The van der Waals surface area contributed by atoms with Crippen molar-refractivity contribution in [1.82, 2.24) is 10.2 Å². The maximum absolute atomic E-state index is 14.1. The molecule has 2 saturated carbocycles. The van der Waals surface area contributed by atoms with E-state index in [0.29, 0.717) is 44.8 Å². The lowest BCUT2D eigenvalue weighted by Crippen LogP contribution is -2.56. The lowest BCUT2D eigenvalue weighted by Gasteiger charge is -2.43. The summed E-state index contributed by atoms with van der Waals surface area (Å²) < 4.78 is 28.3. The first-order chi connectivity index (χ1) is 14.1. The van der Waals surface area contributed by atoms with E-state index in [4.69, 9.17) is 10.6 Å². The number of nitrogens with one attached hydrogen (secondary N) is 1. The van der Waals surface area contributed by atoms with Crippen LogP contribution in [0.15, 0.2) is 5.16 Å². The number of oxime groups is 1. The van der Waals surface area contributed by atoms with E-state index < -0.39 is 47.1 Å². The van der Waals surface area contributed by atoms with Gasteiger partial charge in [0.2, 0.25) is 11.8 Å². The fraction of sp³-hybridized carbons (Fsp3) is 0.800. The number of hydrogen-bond acceptors (Lipinski definition) is 6. The van der Waals surface area contributed by atoms with Gasteiger partial charge < -0.3 is 20.8 Å². The first-order valence-electron chi connectivity index (χ1n) is 10.5. The second-order valence-corrected chi connectivity index (χ2v) is 9.31. The number of hydrogen-bond donors (Lipinski definition) is 2. The highest BCUT2D eigenvalue weighted by Gasteiger charge is 2.59. The Morgan fingerprint density at radius 2 is 2.00 bits per heavy atom. The second kappa shape index (κ2) is 7.15. The molecule has 4 aliphatic rings. The molecule has 2 heterocycles. The molecule has 0 bridgehead atoms. The molecule has 4 rings (SSSR count). The molecule has 3 fully saturated rings. The molecule has 1 saturated heterocycles. The van der Waals surface area contributed by atoms with E-state index in [9.17, 15) is 23.6 Å². The van der Waals surface area contributed by atoms with Crippen molar-refractivity contribution >= 4 is 17.5 Å². The van der Waals surface area contributed by atoms with Crippen LogP contribution >= 0.6 is 0 Å². The zero-order valence-corrected chi connectivity index (χ0v) is 17.0. The summed E-state index contributed by atoms with van der Waals surface area (Å²) in [5, 5.41) is 15.8. The molecule has 1 spiro atoms. The molecule has 1 unspecified atom stereocenters. The van der Waals surface area contributed by atoms with Crippen molar-refractivity contribution in [3.8, 4) is 6.07 Å². The molecule has 3 N–H and O–H groups in total. The average molecular weight is 423 g/mol. The van der Waals surface area contributed by atoms with E-state index in [1.54, 1.807) is 0 Å². The second-order valence-electron chi connectivity index (χ2n) is 9.31. The molecule has 30 heavy (non-hydrogen) atoms. The van der Waals surface area contributed by atoms with Gasteiger partial charge in [0.15, 0.2) is 5.71 Å². The van der Waals surface area contributed by atoms with Crippen molar-refractivity contribution in [2.24, 2.45) is 22.7 Å². The molecule has 164 valence electrons. The summed E-state index contributed by atoms with van der Waals surface area (Å²) in [6.45, 7) is 2.10. The number of alkyl halides is 2. The van der Waals surface area contributed by atoms with Gasteiger partial charge in [-0.25, -0.2) is 8.78 Å². The molecule has 0 aromatic rings. The van der Waals surface area contributed by atoms with E-state index in [1.807, 2.05) is 6.07 Å². The van der Waals surface area contributed by atoms with Crippen LogP contribution in [0, 0.1) is 23.2 Å². The summed E-state index contributed by atoms with van der Waals surface area (Å²) in [4.78, 5) is 33.3. The Kier molecular flexibility index (Phi) is 5.00. The van der Waals surface area contributed by atoms with Gasteiger partial charge in [-0.3, -0.25) is 9.59 Å². The van der Waals surface area contributed by atoms with Crippen molar-refractivity contribution in [3.05, 3.63) is 0 Å². The Labute approximate surface area is 173 Å². The van der Waals surface area contributed by atoms with E-state index in [0.717, 1.165) is 19.8 Å². The molecule has 2 amide bonds. The van der Waals surface area contributed by atoms with Crippen LogP contribution in [-0.2, 0) is 14.4 Å². The monoisotopic (exact) mass is 423 g/mol. The molecular formula is C20H27F2N5O3. The number of carbonyl (C=O) groups excluding carboxylic acids is 2. The predicted molar refractivity (Wildman–Crippen MR) is 102 cm³/mol. The number of nitriles is 1. The van der Waals surface area contributed by atoms with Crippen LogP contribution in [0.5, 0.6) is 0 Å². The number of likely N-dealkylation sites (tertiary alicyclic amines) is 1. The average Bonchev–Trinajstić information content (AvgIpc) is 3.59. The number of carbonyl (C=O) groups is 2. The molecular weight excluding hydrogens is 396 g/mol. The maximum atomic E-state index is 14.1. The summed E-state index contributed by atoms with van der Waals surface area (Å²) in [6.07, 6.45) is 3.39. The minimum absolute atomic E-state index is 0.166. The van der Waals surface area contributed by atoms with E-state index in [2.05, 4.69) is 15.4 Å². The molecule has 0 aromatic carbocycles. The van der Waals surface area contributed by atoms with Crippen LogP contribution < -0.4 is 11.1 Å². The van der Waals surface area contributed by atoms with Crippen LogP contribution in [0.25, 0.3) is 0 Å². The first-order valence-corrected chi connectivity index (χ1v) is 10.5. The molecule has 2 aliphatic carbocycles. The van der Waals surface area contributed by atoms with E-state index in [1.165, 1.54) is 0 Å². The Morgan fingerprint density at radius 3 is 2.47 bits per heavy atom. The molecule has 8 nitrogen and oxygen atoms in total. The summed E-state index contributed by atoms with van der Waals surface area (Å²) in [7, 11) is 0. The van der Waals surface area contributed by atoms with Crippen molar-refractivity contribution in [2.75, 3.05) is 13.1 Å². The van der Waals surface area contributed by atoms with Gasteiger partial charge >= 0.3 is 0 Å². The molecule has 10 heteroatoms. The predicted octanol–water partition coefficient (Wildman–Crippen LogP) is 1.30. The van der Waals surface area contributed by atoms with Gasteiger partial charge in [0.25, 0.3) is 5.91 Å². The van der Waals surface area contributed by atoms with Gasteiger partial charge in [0.05, 0.1) is 17.9 Å². The SMILES string of the molecule is CC(F)(F)C[C@H](C(=O)NC1(C#N)CC1)C1C(C(N)=O)=NOC12CCN(C1CC1)CC2. The van der Waals surface area contributed by atoms with Crippen molar-refractivity contribution in [2.45, 2.75) is 75.0 Å². The highest BCUT2D eigenvalue weighted by molar-refractivity contribution is 6.40. The Morgan fingerprint density at radius 1 is 1.37 bits per heavy atom. The lowest BCUT2D eigenvalue weighted by molar-refractivity contribution is -0.140. The Bertz CT molecular complexity index is 802. The third-order valence-corrected chi connectivity index (χ3v) is 6.79. The fourth-order valence-corrected chi connectivity index (χ4v) is 4.83. The van der Waals surface area contributed by atoms with Gasteiger partial charge in [-0.1, -0.05) is 5.16 Å². The van der Waals surface area contributed by atoms with Crippen molar-refractivity contribution in [1.29, 1.82) is 5.26 Å². The smallest absolute Gasteiger partial charge is 0.266 e. The normalized spacial score (nSPS) is 28.2. The Balaban J connectivity index is 1.63. The standard InChI is InChI=1S/C20H27F2N5O3/c1-18(21,22)10-13(17(29)25-19(11-23)4-5-19)14-15(16(24)28)26-30-20(14)6-8-27(9-7-20)12-2-3-12/h12-14H,2-10H2,1H3,(H2,24,28)(H,25,29)/t13-,14?/m0/s1. The summed E-state index contributed by atoms with van der Waals surface area (Å²) >= 11 is 0. The zero-order chi connectivity index (χ0) is 21.7. The van der Waals surface area contributed by atoms with Gasteiger partial charge in [-0.15, -0.1) is 0 Å². The maximum Gasteiger partial charge on any atom is 0.266 e. The molecule has 0 aromatic heterocycles. The number of nitrogens with two attached hydrogens (primary N) is 1. The van der Waals surface area contributed by atoms with E-state index in [-0.39, 0.29) is 5.71 Å². The summed E-state index contributed by atoms with van der Waals surface area (Å²) in [5.74, 6) is -6.97. The number of nitrogens with zero attached hydrogens (tertiary/aromatic N) is 3. The van der Waals surface area contributed by atoms with Crippen LogP contribution in [0.2, 0.25) is 0 Å². The van der Waals surface area contributed by atoms with Crippen LogP contribution in [0.3, 0.4) is 0 Å². The van der Waals surface area contributed by atoms with Crippen LogP contribution in [0.1, 0.15) is 51.9 Å². The first kappa shape index (κ1) is 21.0. The highest BCUT2D eigenvalue weighted by Crippen LogP contribution is 2.47. The van der Waals surface area contributed by atoms with Crippen LogP contribution in [0.4, 0.5) is 8.78 Å². The Hall–Kier alpha value is -2.28. The molecule has 2 atom stereocenters. The third-order valence-electron chi connectivity index (χ3n) is 6.79. The number of halogens is 2. The van der Waals surface area contributed by atoms with E-state index >= 15 is 0 Å². The minimum Gasteiger partial charge on any atom is -0.388 e. The fourth-order valence-electron chi connectivity index (χ4n) is 4.83. The van der Waals surface area contributed by atoms with Crippen molar-refractivity contribution < 1.29 is 23.2 Å². The van der Waals surface area contributed by atoms with Gasteiger partial charge in [-0.2, -0.15) is 5.26 Å². The lowest BCUT2D eigenvalue weighted by atomic mass is 9.68. The topological polar surface area (TPSA) is 121 Å². The van der Waals surface area contributed by atoms with Crippen LogP contribution in [-0.4, -0.2) is 58.6 Å². The minimum atomic E-state index is -3.16. The number of primary amides is 1. The highest BCUT2D eigenvalue weighted by atomic mass is 19.3. The largest absolute Gasteiger partial charge is 0.388 e. The number of rotatable bonds is 7. The van der Waals surface area contributed by atoms with Gasteiger partial charge in [0.1, 0.15) is 11.1 Å². The zero-order valence-electron chi connectivity index (χ0n) is 17.0. The third kappa shape index (κ3) is 4.00. The van der Waals surface area contributed by atoms with Crippen molar-refractivity contribution in [3.63, 3.8) is 0 Å². The summed E-state index contributed by atoms with van der Waals surface area (Å²) in [6, 6.07) is 2.59. The van der Waals surface area contributed by atoms with Gasteiger partial charge in [-0.05, 0) is 32.6 Å². The van der Waals surface area contributed by atoms with Gasteiger partial charge in [0, 0.05) is 38.4 Å².